The number of benzene rings is 1. The maximum absolute atomic E-state index is 13.3. The molecule has 1 aromatic heterocycles. The zero-order valence-electron chi connectivity index (χ0n) is 9.06. The fraction of sp³-hybridized carbons (Fsp3) is 0.250. The number of anilines is 1. The van der Waals surface area contributed by atoms with Gasteiger partial charge in [-0.15, -0.1) is 0 Å². The van der Waals surface area contributed by atoms with E-state index in [1.54, 1.807) is 13.0 Å². The third-order valence-electron chi connectivity index (χ3n) is 2.88. The minimum absolute atomic E-state index is 0.238. The monoisotopic (exact) mass is 204 g/mol. The lowest BCUT2D eigenvalue weighted by Crippen LogP contribution is -1.99. The van der Waals surface area contributed by atoms with Crippen molar-refractivity contribution in [3.05, 3.63) is 34.8 Å². The maximum Gasteiger partial charge on any atom is 0.128 e. The van der Waals surface area contributed by atoms with Crippen molar-refractivity contribution in [2.75, 3.05) is 5.73 Å². The van der Waals surface area contributed by atoms with Crippen LogP contribution in [0.25, 0.3) is 10.9 Å². The molecular weight excluding hydrogens is 191 g/mol. The van der Waals surface area contributed by atoms with Crippen LogP contribution in [0.3, 0.4) is 0 Å². The number of pyridine rings is 1. The minimum Gasteiger partial charge on any atom is -0.398 e. The number of aromatic nitrogens is 1. The first-order valence-electron chi connectivity index (χ1n) is 4.84. The number of aryl methyl sites for hydroxylation is 2. The molecule has 0 spiro atoms. The lowest BCUT2D eigenvalue weighted by molar-refractivity contribution is 0.620. The van der Waals surface area contributed by atoms with Crippen molar-refractivity contribution in [1.29, 1.82) is 0 Å². The second kappa shape index (κ2) is 3.19. The van der Waals surface area contributed by atoms with Crippen molar-refractivity contribution >= 4 is 16.6 Å². The van der Waals surface area contributed by atoms with Crippen LogP contribution in [0.2, 0.25) is 0 Å². The standard InChI is InChI=1S/C12H13FN2/c1-6-8(3)15-12-7(2)10(13)5-4-9(12)11(6)14/h4-5H,1-3H3,(H2,14,15). The van der Waals surface area contributed by atoms with Crippen LogP contribution in [-0.4, -0.2) is 4.98 Å². The Balaban J connectivity index is 2.98. The van der Waals surface area contributed by atoms with E-state index in [0.29, 0.717) is 16.8 Å². The van der Waals surface area contributed by atoms with Gasteiger partial charge in [0.1, 0.15) is 5.82 Å². The third kappa shape index (κ3) is 1.35. The Kier molecular flexibility index (Phi) is 2.11. The van der Waals surface area contributed by atoms with Crippen LogP contribution < -0.4 is 5.73 Å². The number of nitrogens with zero attached hydrogens (tertiary/aromatic N) is 1. The molecule has 0 saturated heterocycles. The van der Waals surface area contributed by atoms with Crippen LogP contribution in [0.5, 0.6) is 0 Å². The molecular formula is C12H13FN2. The molecule has 0 atom stereocenters. The summed E-state index contributed by atoms with van der Waals surface area (Å²) in [5.41, 5.74) is 9.71. The second-order valence-electron chi connectivity index (χ2n) is 3.80. The molecule has 3 heteroatoms. The molecule has 0 aliphatic rings. The van der Waals surface area contributed by atoms with Gasteiger partial charge >= 0.3 is 0 Å². The van der Waals surface area contributed by atoms with Crippen LogP contribution in [0, 0.1) is 26.6 Å². The van der Waals surface area contributed by atoms with E-state index in [4.69, 9.17) is 5.73 Å². The summed E-state index contributed by atoms with van der Waals surface area (Å²) in [6.07, 6.45) is 0. The Hall–Kier alpha value is -1.64. The van der Waals surface area contributed by atoms with Crippen LogP contribution in [-0.2, 0) is 0 Å². The molecule has 0 radical (unpaired) electrons. The highest BCUT2D eigenvalue weighted by atomic mass is 19.1. The summed E-state index contributed by atoms with van der Waals surface area (Å²) in [4.78, 5) is 4.38. The number of hydrogen-bond donors (Lipinski definition) is 1. The van der Waals surface area contributed by atoms with Gasteiger partial charge in [0.05, 0.1) is 5.52 Å². The van der Waals surface area contributed by atoms with Crippen molar-refractivity contribution in [2.24, 2.45) is 0 Å². The zero-order chi connectivity index (χ0) is 11.2. The van der Waals surface area contributed by atoms with Crippen molar-refractivity contribution < 1.29 is 4.39 Å². The maximum atomic E-state index is 13.3. The predicted octanol–water partition coefficient (Wildman–Crippen LogP) is 2.88. The van der Waals surface area contributed by atoms with E-state index >= 15 is 0 Å². The molecule has 0 unspecified atom stereocenters. The Morgan fingerprint density at radius 1 is 1.13 bits per heavy atom. The van der Waals surface area contributed by atoms with Gasteiger partial charge < -0.3 is 5.73 Å². The van der Waals surface area contributed by atoms with Gasteiger partial charge in [-0.05, 0) is 38.5 Å². The summed E-state index contributed by atoms with van der Waals surface area (Å²) in [5, 5.41) is 0.831. The molecule has 1 aromatic carbocycles. The first-order chi connectivity index (χ1) is 7.02. The first kappa shape index (κ1) is 9.90. The van der Waals surface area contributed by atoms with Crippen molar-refractivity contribution in [1.82, 2.24) is 4.98 Å². The van der Waals surface area contributed by atoms with Crippen LogP contribution >= 0.6 is 0 Å². The molecule has 0 amide bonds. The first-order valence-corrected chi connectivity index (χ1v) is 4.84. The summed E-state index contributed by atoms with van der Waals surface area (Å²) in [5.74, 6) is -0.238. The summed E-state index contributed by atoms with van der Waals surface area (Å²) in [6, 6.07) is 3.12. The summed E-state index contributed by atoms with van der Waals surface area (Å²) in [7, 11) is 0. The molecule has 0 bridgehead atoms. The van der Waals surface area contributed by atoms with E-state index in [1.807, 2.05) is 13.8 Å². The number of nitrogen functional groups attached to an aromatic ring is 1. The highest BCUT2D eigenvalue weighted by Gasteiger charge is 2.10. The molecule has 78 valence electrons. The van der Waals surface area contributed by atoms with Gasteiger partial charge in [-0.2, -0.15) is 0 Å². The topological polar surface area (TPSA) is 38.9 Å². The van der Waals surface area contributed by atoms with Gasteiger partial charge in [0.25, 0.3) is 0 Å². The molecule has 0 aliphatic carbocycles. The summed E-state index contributed by atoms with van der Waals surface area (Å²) >= 11 is 0. The molecule has 15 heavy (non-hydrogen) atoms. The molecule has 2 aromatic rings. The Labute approximate surface area is 87.9 Å². The lowest BCUT2D eigenvalue weighted by Gasteiger charge is -2.10. The number of nitrogens with two attached hydrogens (primary N) is 1. The Bertz CT molecular complexity index is 547. The molecule has 0 fully saturated rings. The average Bonchev–Trinajstić information content (AvgIpc) is 2.21. The Morgan fingerprint density at radius 2 is 1.80 bits per heavy atom. The zero-order valence-corrected chi connectivity index (χ0v) is 9.06. The summed E-state index contributed by atoms with van der Waals surface area (Å²) in [6.45, 7) is 5.53. The smallest absolute Gasteiger partial charge is 0.128 e. The van der Waals surface area contributed by atoms with E-state index in [-0.39, 0.29) is 5.82 Å². The lowest BCUT2D eigenvalue weighted by atomic mass is 10.0. The molecule has 2 nitrogen and oxygen atoms in total. The predicted molar refractivity (Wildman–Crippen MR) is 60.3 cm³/mol. The Morgan fingerprint density at radius 3 is 2.47 bits per heavy atom. The van der Waals surface area contributed by atoms with Gasteiger partial charge in [0, 0.05) is 22.3 Å². The van der Waals surface area contributed by atoms with Crippen LogP contribution in [0.1, 0.15) is 16.8 Å². The van der Waals surface area contributed by atoms with Gasteiger partial charge in [-0.1, -0.05) is 0 Å². The van der Waals surface area contributed by atoms with E-state index in [2.05, 4.69) is 4.98 Å². The minimum atomic E-state index is -0.238. The molecule has 2 rings (SSSR count). The number of hydrogen-bond acceptors (Lipinski definition) is 2. The van der Waals surface area contributed by atoms with Gasteiger partial charge in [-0.25, -0.2) is 4.39 Å². The molecule has 0 aliphatic heterocycles. The average molecular weight is 204 g/mol. The normalized spacial score (nSPS) is 10.9. The SMILES string of the molecule is Cc1nc2c(C)c(F)ccc2c(N)c1C. The summed E-state index contributed by atoms with van der Waals surface area (Å²) < 4.78 is 13.3. The fourth-order valence-electron chi connectivity index (χ4n) is 1.69. The molecule has 0 saturated carbocycles. The number of halogens is 1. The molecule has 1 heterocycles. The number of fused-ring (bicyclic) bond motifs is 1. The van der Waals surface area contributed by atoms with Gasteiger partial charge in [0.2, 0.25) is 0 Å². The number of rotatable bonds is 0. The molecule has 2 N–H and O–H groups in total. The largest absolute Gasteiger partial charge is 0.398 e. The van der Waals surface area contributed by atoms with Gasteiger partial charge in [-0.3, -0.25) is 4.98 Å². The van der Waals surface area contributed by atoms with Crippen LogP contribution in [0.4, 0.5) is 10.1 Å². The van der Waals surface area contributed by atoms with Gasteiger partial charge in [0.15, 0.2) is 0 Å². The quantitative estimate of drug-likeness (QED) is 0.716. The van der Waals surface area contributed by atoms with E-state index in [1.165, 1.54) is 6.07 Å². The highest BCUT2D eigenvalue weighted by Crippen LogP contribution is 2.27. The highest BCUT2D eigenvalue weighted by molar-refractivity contribution is 5.93. The fourth-order valence-corrected chi connectivity index (χ4v) is 1.69. The van der Waals surface area contributed by atoms with Crippen molar-refractivity contribution in [2.45, 2.75) is 20.8 Å². The van der Waals surface area contributed by atoms with Crippen molar-refractivity contribution in [3.63, 3.8) is 0 Å². The second-order valence-corrected chi connectivity index (χ2v) is 3.80. The van der Waals surface area contributed by atoms with E-state index < -0.39 is 0 Å². The third-order valence-corrected chi connectivity index (χ3v) is 2.88. The van der Waals surface area contributed by atoms with Crippen LogP contribution in [0.15, 0.2) is 12.1 Å². The van der Waals surface area contributed by atoms with E-state index in [9.17, 15) is 4.39 Å². The van der Waals surface area contributed by atoms with Crippen molar-refractivity contribution in [3.8, 4) is 0 Å². The van der Waals surface area contributed by atoms with E-state index in [0.717, 1.165) is 16.6 Å².